The second-order valence-electron chi connectivity index (χ2n) is 5.09. The maximum Gasteiger partial charge on any atom is 0.231 e. The molecule has 20 heavy (non-hydrogen) atoms. The van der Waals surface area contributed by atoms with Crippen LogP contribution in [0.1, 0.15) is 29.7 Å². The van der Waals surface area contributed by atoms with Crippen LogP contribution in [-0.2, 0) is 6.42 Å². The predicted octanol–water partition coefficient (Wildman–Crippen LogP) is 3.16. The molecule has 1 aliphatic rings. The van der Waals surface area contributed by atoms with Crippen molar-refractivity contribution in [2.45, 2.75) is 26.2 Å². The lowest BCUT2D eigenvalue weighted by Crippen LogP contribution is -2.02. The molecular weight excluding hydrogens is 272 g/mol. The number of nitrogens with two attached hydrogens (primary N) is 1. The number of fused-ring (bicyclic) bond motifs is 1. The molecule has 0 bridgehead atoms. The molecule has 0 saturated carbocycles. The average molecular weight is 290 g/mol. The van der Waals surface area contributed by atoms with E-state index in [0.717, 1.165) is 34.2 Å². The van der Waals surface area contributed by atoms with Gasteiger partial charge in [0.05, 0.1) is 10.7 Å². The maximum atomic E-state index is 5.72. The fourth-order valence-electron chi connectivity index (χ4n) is 2.19. The van der Waals surface area contributed by atoms with Gasteiger partial charge < -0.3 is 15.2 Å². The lowest BCUT2D eigenvalue weighted by Gasteiger charge is -2.03. The third-order valence-corrected chi connectivity index (χ3v) is 4.64. The Bertz CT molecular complexity index is 622. The molecule has 1 aromatic heterocycles. The summed E-state index contributed by atoms with van der Waals surface area (Å²) in [6, 6.07) is 5.98. The first-order valence-electron chi connectivity index (χ1n) is 6.78. The molecule has 0 unspecified atom stereocenters. The number of ether oxygens (including phenoxy) is 2. The standard InChI is InChI=1S/C15H18N2O2S/c1-9(2)15-17-14(13(20-15)5-6-16)10-3-4-11-12(7-10)19-8-18-11/h3-4,7,9H,5-6,8,16H2,1-2H3. The highest BCUT2D eigenvalue weighted by molar-refractivity contribution is 7.12. The maximum absolute atomic E-state index is 5.72. The van der Waals surface area contributed by atoms with Crippen LogP contribution in [-0.4, -0.2) is 18.3 Å². The van der Waals surface area contributed by atoms with Crippen molar-refractivity contribution < 1.29 is 9.47 Å². The predicted molar refractivity (Wildman–Crippen MR) is 80.5 cm³/mol. The molecule has 0 spiro atoms. The molecule has 1 aliphatic heterocycles. The van der Waals surface area contributed by atoms with Crippen LogP contribution >= 0.6 is 11.3 Å². The van der Waals surface area contributed by atoms with E-state index in [-0.39, 0.29) is 0 Å². The van der Waals surface area contributed by atoms with Crippen molar-refractivity contribution in [1.82, 2.24) is 4.98 Å². The second-order valence-corrected chi connectivity index (χ2v) is 6.20. The monoisotopic (exact) mass is 290 g/mol. The van der Waals surface area contributed by atoms with Gasteiger partial charge in [0.2, 0.25) is 6.79 Å². The number of thiazole rings is 1. The van der Waals surface area contributed by atoms with Crippen molar-refractivity contribution in [2.24, 2.45) is 5.73 Å². The fourth-order valence-corrected chi connectivity index (χ4v) is 3.29. The molecule has 2 aromatic rings. The summed E-state index contributed by atoms with van der Waals surface area (Å²) < 4.78 is 10.8. The zero-order chi connectivity index (χ0) is 14.1. The van der Waals surface area contributed by atoms with E-state index in [1.807, 2.05) is 18.2 Å². The van der Waals surface area contributed by atoms with Crippen LogP contribution in [0.25, 0.3) is 11.3 Å². The topological polar surface area (TPSA) is 57.4 Å². The Morgan fingerprint density at radius 2 is 2.10 bits per heavy atom. The van der Waals surface area contributed by atoms with Crippen LogP contribution < -0.4 is 15.2 Å². The smallest absolute Gasteiger partial charge is 0.231 e. The van der Waals surface area contributed by atoms with Crippen molar-refractivity contribution in [3.8, 4) is 22.8 Å². The molecule has 5 heteroatoms. The van der Waals surface area contributed by atoms with Gasteiger partial charge in [0.1, 0.15) is 0 Å². The minimum absolute atomic E-state index is 0.294. The summed E-state index contributed by atoms with van der Waals surface area (Å²) in [5, 5.41) is 1.15. The van der Waals surface area contributed by atoms with E-state index in [0.29, 0.717) is 19.3 Å². The molecule has 106 valence electrons. The number of rotatable bonds is 4. The van der Waals surface area contributed by atoms with E-state index in [2.05, 4.69) is 13.8 Å². The van der Waals surface area contributed by atoms with Crippen LogP contribution in [0.15, 0.2) is 18.2 Å². The summed E-state index contributed by atoms with van der Waals surface area (Å²) >= 11 is 1.76. The summed E-state index contributed by atoms with van der Waals surface area (Å²) in [5.74, 6) is 2.02. The van der Waals surface area contributed by atoms with Crippen molar-refractivity contribution in [1.29, 1.82) is 0 Å². The first kappa shape index (κ1) is 13.4. The van der Waals surface area contributed by atoms with Gasteiger partial charge in [-0.1, -0.05) is 13.8 Å². The Hall–Kier alpha value is -1.59. The first-order valence-corrected chi connectivity index (χ1v) is 7.60. The molecule has 4 nitrogen and oxygen atoms in total. The van der Waals surface area contributed by atoms with Gasteiger partial charge >= 0.3 is 0 Å². The van der Waals surface area contributed by atoms with Gasteiger partial charge in [-0.3, -0.25) is 0 Å². The van der Waals surface area contributed by atoms with Gasteiger partial charge in [0.15, 0.2) is 11.5 Å². The molecule has 2 heterocycles. The van der Waals surface area contributed by atoms with Gasteiger partial charge in [-0.15, -0.1) is 11.3 Å². The first-order chi connectivity index (χ1) is 9.69. The third-order valence-electron chi connectivity index (χ3n) is 3.23. The lowest BCUT2D eigenvalue weighted by atomic mass is 10.1. The molecule has 0 amide bonds. The third kappa shape index (κ3) is 2.39. The molecule has 3 rings (SSSR count). The van der Waals surface area contributed by atoms with Gasteiger partial charge in [-0.05, 0) is 31.2 Å². The van der Waals surface area contributed by atoms with Crippen molar-refractivity contribution in [3.63, 3.8) is 0 Å². The molecule has 0 fully saturated rings. The zero-order valence-corrected chi connectivity index (χ0v) is 12.5. The van der Waals surface area contributed by atoms with Crippen LogP contribution in [0.3, 0.4) is 0 Å². The number of hydrogen-bond acceptors (Lipinski definition) is 5. The van der Waals surface area contributed by atoms with Gasteiger partial charge in [-0.2, -0.15) is 0 Å². The average Bonchev–Trinajstić information content (AvgIpc) is 3.04. The quantitative estimate of drug-likeness (QED) is 0.939. The van der Waals surface area contributed by atoms with Crippen molar-refractivity contribution >= 4 is 11.3 Å². The summed E-state index contributed by atoms with van der Waals surface area (Å²) in [6.07, 6.45) is 0.855. The van der Waals surface area contributed by atoms with E-state index in [1.54, 1.807) is 11.3 Å². The summed E-state index contributed by atoms with van der Waals surface area (Å²) in [7, 11) is 0. The van der Waals surface area contributed by atoms with Crippen LogP contribution in [0.2, 0.25) is 0 Å². The van der Waals surface area contributed by atoms with E-state index in [1.165, 1.54) is 4.88 Å². The number of aromatic nitrogens is 1. The number of nitrogens with zero attached hydrogens (tertiary/aromatic N) is 1. The Labute approximate surface area is 122 Å². The van der Waals surface area contributed by atoms with Crippen molar-refractivity contribution in [2.75, 3.05) is 13.3 Å². The molecular formula is C15H18N2O2S. The highest BCUT2D eigenvalue weighted by Gasteiger charge is 2.18. The van der Waals surface area contributed by atoms with E-state index in [9.17, 15) is 0 Å². The minimum atomic E-state index is 0.294. The highest BCUT2D eigenvalue weighted by atomic mass is 32.1. The Balaban J connectivity index is 2.03. The molecule has 0 saturated heterocycles. The molecule has 1 aromatic carbocycles. The number of benzene rings is 1. The molecule has 2 N–H and O–H groups in total. The molecule has 0 aliphatic carbocycles. The molecule has 0 radical (unpaired) electrons. The Kier molecular flexibility index (Phi) is 3.63. The largest absolute Gasteiger partial charge is 0.454 e. The fraction of sp³-hybridized carbons (Fsp3) is 0.400. The summed E-state index contributed by atoms with van der Waals surface area (Å²) in [4.78, 5) is 6.04. The van der Waals surface area contributed by atoms with Crippen LogP contribution in [0, 0.1) is 0 Å². The number of hydrogen-bond donors (Lipinski definition) is 1. The van der Waals surface area contributed by atoms with Crippen LogP contribution in [0.5, 0.6) is 11.5 Å². The van der Waals surface area contributed by atoms with Crippen LogP contribution in [0.4, 0.5) is 0 Å². The van der Waals surface area contributed by atoms with Gasteiger partial charge in [0, 0.05) is 16.4 Å². The highest BCUT2D eigenvalue weighted by Crippen LogP contribution is 2.38. The van der Waals surface area contributed by atoms with E-state index < -0.39 is 0 Å². The lowest BCUT2D eigenvalue weighted by molar-refractivity contribution is 0.174. The zero-order valence-electron chi connectivity index (χ0n) is 11.7. The summed E-state index contributed by atoms with van der Waals surface area (Å²) in [5.41, 5.74) is 7.82. The normalized spacial score (nSPS) is 13.2. The SMILES string of the molecule is CC(C)c1nc(-c2ccc3c(c2)OCO3)c(CCN)s1. The summed E-state index contributed by atoms with van der Waals surface area (Å²) in [6.45, 7) is 5.25. The van der Waals surface area contributed by atoms with E-state index in [4.69, 9.17) is 20.2 Å². The van der Waals surface area contributed by atoms with E-state index >= 15 is 0 Å². The Morgan fingerprint density at radius 1 is 1.30 bits per heavy atom. The second kappa shape index (κ2) is 5.42. The van der Waals surface area contributed by atoms with Gasteiger partial charge in [-0.25, -0.2) is 4.98 Å². The Morgan fingerprint density at radius 3 is 2.85 bits per heavy atom. The van der Waals surface area contributed by atoms with Gasteiger partial charge in [0.25, 0.3) is 0 Å². The minimum Gasteiger partial charge on any atom is -0.454 e. The van der Waals surface area contributed by atoms with Crippen molar-refractivity contribution in [3.05, 3.63) is 28.1 Å². The molecule has 0 atom stereocenters.